The van der Waals surface area contributed by atoms with Crippen LogP contribution in [0.2, 0.25) is 0 Å². The molecule has 0 saturated heterocycles. The van der Waals surface area contributed by atoms with Crippen LogP contribution in [0.5, 0.6) is 5.75 Å². The van der Waals surface area contributed by atoms with Gasteiger partial charge >= 0.3 is 0 Å². The van der Waals surface area contributed by atoms with E-state index in [0.29, 0.717) is 17.7 Å². The van der Waals surface area contributed by atoms with Crippen molar-refractivity contribution in [2.45, 2.75) is 30.6 Å². The second-order valence-electron chi connectivity index (χ2n) is 10.4. The van der Waals surface area contributed by atoms with Gasteiger partial charge in [-0.1, -0.05) is 24.3 Å². The van der Waals surface area contributed by atoms with E-state index in [4.69, 9.17) is 16.2 Å². The minimum absolute atomic E-state index is 0.0187. The first-order valence-electron chi connectivity index (χ1n) is 14.3. The van der Waals surface area contributed by atoms with Gasteiger partial charge in [0.05, 0.1) is 23.6 Å². The van der Waals surface area contributed by atoms with Crippen LogP contribution in [0.15, 0.2) is 94.9 Å². The maximum Gasteiger partial charge on any atom is 0.234 e. The molecule has 0 radical (unpaired) electrons. The summed E-state index contributed by atoms with van der Waals surface area (Å²) in [5, 5.41) is 2.87. The van der Waals surface area contributed by atoms with Crippen molar-refractivity contribution in [1.29, 1.82) is 0 Å². The Morgan fingerprint density at radius 1 is 1.02 bits per heavy atom. The van der Waals surface area contributed by atoms with Crippen LogP contribution in [0.1, 0.15) is 31.2 Å². The Kier molecular flexibility index (Phi) is 10.8. The molecule has 13 heteroatoms. The minimum Gasteiger partial charge on any atom is -0.495 e. The molecule has 11 nitrogen and oxygen atoms in total. The van der Waals surface area contributed by atoms with Crippen molar-refractivity contribution >= 4 is 44.8 Å². The number of carbonyl (C=O) groups is 2. The lowest BCUT2D eigenvalue weighted by molar-refractivity contribution is -0.118. The highest BCUT2D eigenvalue weighted by Gasteiger charge is 2.24. The number of aromatic nitrogens is 1. The van der Waals surface area contributed by atoms with E-state index in [2.05, 4.69) is 15.3 Å². The monoisotopic (exact) mass is 646 g/mol. The van der Waals surface area contributed by atoms with Gasteiger partial charge in [-0.2, -0.15) is 4.99 Å². The maximum atomic E-state index is 13.2. The van der Waals surface area contributed by atoms with Crippen molar-refractivity contribution in [2.75, 3.05) is 30.1 Å². The number of aliphatic imine (C=N–C) groups is 1. The summed E-state index contributed by atoms with van der Waals surface area (Å²) in [5.41, 5.74) is 15.1. The van der Waals surface area contributed by atoms with Crippen molar-refractivity contribution < 1.29 is 27.1 Å². The van der Waals surface area contributed by atoms with Crippen LogP contribution >= 0.6 is 0 Å². The van der Waals surface area contributed by atoms with Crippen LogP contribution in [-0.2, 0) is 19.4 Å². The van der Waals surface area contributed by atoms with E-state index in [1.807, 2.05) is 12.1 Å². The number of pyridine rings is 1. The lowest BCUT2D eigenvalue weighted by atomic mass is 10.00. The quantitative estimate of drug-likeness (QED) is 0.155. The summed E-state index contributed by atoms with van der Waals surface area (Å²) in [6.45, 7) is 2.03. The van der Waals surface area contributed by atoms with E-state index in [0.717, 1.165) is 22.3 Å². The Morgan fingerprint density at radius 3 is 2.28 bits per heavy atom. The predicted octanol–water partition coefficient (Wildman–Crippen LogP) is 4.76. The number of rotatable bonds is 11. The van der Waals surface area contributed by atoms with Gasteiger partial charge in [-0.25, -0.2) is 22.7 Å². The van der Waals surface area contributed by atoms with Crippen LogP contribution in [0.4, 0.5) is 21.6 Å². The van der Waals surface area contributed by atoms with Crippen molar-refractivity contribution in [3.05, 3.63) is 96.4 Å². The van der Waals surface area contributed by atoms with Crippen LogP contribution in [0.3, 0.4) is 0 Å². The highest BCUT2D eigenvalue weighted by Crippen LogP contribution is 2.32. The molecule has 5 N–H and O–H groups in total. The summed E-state index contributed by atoms with van der Waals surface area (Å²) in [4.78, 5) is 35.8. The van der Waals surface area contributed by atoms with Gasteiger partial charge in [0, 0.05) is 36.2 Å². The molecule has 0 saturated carbocycles. The summed E-state index contributed by atoms with van der Waals surface area (Å²) < 4.78 is 42.8. The number of anilines is 2. The van der Waals surface area contributed by atoms with Crippen molar-refractivity contribution in [3.8, 4) is 16.9 Å². The molecule has 0 fully saturated rings. The number of methoxy groups -OCH3 is 1. The van der Waals surface area contributed by atoms with E-state index in [-0.39, 0.29) is 52.8 Å². The molecule has 46 heavy (non-hydrogen) atoms. The number of nitrogens with one attached hydrogen (secondary N) is 1. The fourth-order valence-corrected chi connectivity index (χ4v) is 5.15. The van der Waals surface area contributed by atoms with E-state index in [9.17, 15) is 22.4 Å². The number of ether oxygens (including phenoxy) is 1. The summed E-state index contributed by atoms with van der Waals surface area (Å²) in [6.07, 6.45) is 3.13. The zero-order valence-corrected chi connectivity index (χ0v) is 26.4. The molecule has 4 rings (SSSR count). The Balaban J connectivity index is 1.53. The van der Waals surface area contributed by atoms with Gasteiger partial charge in [0.1, 0.15) is 11.6 Å². The first kappa shape index (κ1) is 33.7. The third-order valence-corrected chi connectivity index (χ3v) is 8.23. The fourth-order valence-electron chi connectivity index (χ4n) is 4.51. The molecule has 0 bridgehead atoms. The van der Waals surface area contributed by atoms with Gasteiger partial charge in [0.15, 0.2) is 15.7 Å². The standard InChI is InChI=1S/C33H35FN6O5S/c1-21(22-6-11-25(34)12-7-22)32(42)38-26-13-8-23(9-14-26)24-10-17-30(37-20-24)39-33(36)40(31(41)5-4-18-35)28-16-15-27(46(3,43)44)19-29(28)45-2/h6-17,19-21H,4-5,18,35H2,1-3H3,(H,38,42)(H2,36,37,39). The van der Waals surface area contributed by atoms with Crippen molar-refractivity contribution in [1.82, 2.24) is 4.98 Å². The first-order valence-corrected chi connectivity index (χ1v) is 16.2. The fraction of sp³-hybridized carbons (Fsp3) is 0.212. The van der Waals surface area contributed by atoms with E-state index in [1.165, 1.54) is 37.4 Å². The summed E-state index contributed by atoms with van der Waals surface area (Å²) in [6, 6.07) is 20.5. The van der Waals surface area contributed by atoms with Gasteiger partial charge < -0.3 is 21.5 Å². The van der Waals surface area contributed by atoms with Crippen LogP contribution in [0, 0.1) is 5.82 Å². The second kappa shape index (κ2) is 14.8. The first-order chi connectivity index (χ1) is 21.9. The van der Waals surface area contributed by atoms with E-state index in [1.54, 1.807) is 49.5 Å². The zero-order valence-electron chi connectivity index (χ0n) is 25.6. The van der Waals surface area contributed by atoms with Gasteiger partial charge in [-0.3, -0.25) is 9.59 Å². The van der Waals surface area contributed by atoms with Crippen LogP contribution in [0.25, 0.3) is 11.1 Å². The summed E-state index contributed by atoms with van der Waals surface area (Å²) in [7, 11) is -2.17. The predicted molar refractivity (Wildman–Crippen MR) is 176 cm³/mol. The second-order valence-corrected chi connectivity index (χ2v) is 12.5. The molecule has 0 aliphatic heterocycles. The summed E-state index contributed by atoms with van der Waals surface area (Å²) in [5.74, 6) is -1.31. The molecule has 240 valence electrons. The molecule has 1 heterocycles. The number of nitrogens with zero attached hydrogens (tertiary/aromatic N) is 3. The number of hydrogen-bond donors (Lipinski definition) is 3. The molecule has 2 amide bonds. The molecule has 3 aromatic carbocycles. The molecule has 0 spiro atoms. The van der Waals surface area contributed by atoms with E-state index >= 15 is 0 Å². The highest BCUT2D eigenvalue weighted by atomic mass is 32.2. The Morgan fingerprint density at radius 2 is 1.70 bits per heavy atom. The molecule has 1 unspecified atom stereocenters. The van der Waals surface area contributed by atoms with Crippen LogP contribution < -0.4 is 26.4 Å². The van der Waals surface area contributed by atoms with Crippen LogP contribution in [-0.4, -0.2) is 51.1 Å². The zero-order chi connectivity index (χ0) is 33.4. The Labute approximate surface area is 267 Å². The lowest BCUT2D eigenvalue weighted by Crippen LogP contribution is -2.42. The van der Waals surface area contributed by atoms with Gasteiger partial charge in [0.2, 0.25) is 17.8 Å². The average Bonchev–Trinajstić information content (AvgIpc) is 3.04. The topological polar surface area (TPSA) is 170 Å². The van der Waals surface area contributed by atoms with Crippen molar-refractivity contribution in [3.63, 3.8) is 0 Å². The third-order valence-electron chi connectivity index (χ3n) is 7.12. The molecule has 0 aliphatic rings. The number of carbonyl (C=O) groups excluding carboxylic acids is 2. The minimum atomic E-state index is -3.53. The molecule has 0 aliphatic carbocycles. The third kappa shape index (κ3) is 8.31. The van der Waals surface area contributed by atoms with Gasteiger partial charge in [-0.15, -0.1) is 0 Å². The normalized spacial score (nSPS) is 12.3. The van der Waals surface area contributed by atoms with Gasteiger partial charge in [-0.05, 0) is 79.5 Å². The molecule has 1 aromatic heterocycles. The number of nitrogens with two attached hydrogens (primary N) is 2. The highest BCUT2D eigenvalue weighted by molar-refractivity contribution is 7.90. The average molecular weight is 647 g/mol. The SMILES string of the molecule is COc1cc(S(C)(=O)=O)ccc1N(C(=O)CCCN)C(N)=Nc1ccc(-c2ccc(NC(=O)C(C)c3ccc(F)cc3)cc2)cn1. The maximum absolute atomic E-state index is 13.2. The Hall–Kier alpha value is -5.14. The number of guanidine groups is 1. The summed E-state index contributed by atoms with van der Waals surface area (Å²) >= 11 is 0. The van der Waals surface area contributed by atoms with E-state index < -0.39 is 21.7 Å². The number of benzene rings is 3. The smallest absolute Gasteiger partial charge is 0.234 e. The number of amides is 2. The number of halogens is 1. The van der Waals surface area contributed by atoms with Crippen molar-refractivity contribution in [2.24, 2.45) is 16.5 Å². The lowest BCUT2D eigenvalue weighted by Gasteiger charge is -2.24. The molecular formula is C33H35FN6O5S. The number of sulfone groups is 1. The molecule has 4 aromatic rings. The molecule has 1 atom stereocenters. The largest absolute Gasteiger partial charge is 0.495 e. The molecular weight excluding hydrogens is 611 g/mol. The van der Waals surface area contributed by atoms with Gasteiger partial charge in [0.25, 0.3) is 0 Å². The Bertz CT molecular complexity index is 1830. The number of hydrogen-bond acceptors (Lipinski definition) is 8.